The van der Waals surface area contributed by atoms with Crippen molar-refractivity contribution in [1.82, 2.24) is 19.6 Å². The van der Waals surface area contributed by atoms with Gasteiger partial charge in [0.15, 0.2) is 0 Å². The third-order valence-corrected chi connectivity index (χ3v) is 6.49. The second-order valence-electron chi connectivity index (χ2n) is 9.26. The molecule has 2 heterocycles. The van der Waals surface area contributed by atoms with Crippen LogP contribution in [0.1, 0.15) is 0 Å². The van der Waals surface area contributed by atoms with E-state index in [0.29, 0.717) is 6.04 Å². The Labute approximate surface area is 207 Å². The topological polar surface area (TPSA) is 54.1 Å². The molecule has 2 aliphatic rings. The fraction of sp³-hybridized carbons (Fsp3) is 0.500. The van der Waals surface area contributed by atoms with Gasteiger partial charge in [-0.25, -0.2) is 0 Å². The van der Waals surface area contributed by atoms with Crippen molar-refractivity contribution in [1.29, 1.82) is 0 Å². The molecule has 0 aliphatic carbocycles. The average molecular weight is 463 g/mol. The maximum Gasteiger partial charge on any atom is 0.243 e. The maximum absolute atomic E-state index is 12.1. The number of piperazine rings is 2. The van der Waals surface area contributed by atoms with Gasteiger partial charge in [-0.15, -0.1) is 0 Å². The standard InChI is InChI=1S/C13H19N3O.C13H21N3.B/c1-15-8-9-16(2)12(10-15)13(17)14-11-6-4-3-5-7-11;1-15-8-9-16(2)13(11-15)10-14-12-6-4-3-5-7-12;/h3-7,12H,8-10H2,1-2H3,(H,14,17);3-7,13-14H,8-11H2,1-2H3;. The second-order valence-corrected chi connectivity index (χ2v) is 9.26. The Hall–Kier alpha value is -2.39. The lowest BCUT2D eigenvalue weighted by atomic mass is 10.1. The summed E-state index contributed by atoms with van der Waals surface area (Å²) in [6.07, 6.45) is 0. The van der Waals surface area contributed by atoms with E-state index >= 15 is 0 Å². The molecule has 2 aliphatic heterocycles. The first-order valence-corrected chi connectivity index (χ1v) is 11.8. The summed E-state index contributed by atoms with van der Waals surface area (Å²) in [6, 6.07) is 20.6. The van der Waals surface area contributed by atoms with Crippen molar-refractivity contribution >= 4 is 25.7 Å². The smallest absolute Gasteiger partial charge is 0.243 e. The third kappa shape index (κ3) is 8.76. The van der Waals surface area contributed by atoms with Crippen molar-refractivity contribution in [2.24, 2.45) is 0 Å². The molecule has 0 aromatic heterocycles. The van der Waals surface area contributed by atoms with Crippen LogP contribution in [0.5, 0.6) is 0 Å². The SMILES string of the molecule is CN1CCN(C)C(C(=O)Nc2ccccc2)C1.CN1CCN(C)C(CNc2ccccc2)C1.[B]. The van der Waals surface area contributed by atoms with Crippen LogP contribution < -0.4 is 10.6 Å². The van der Waals surface area contributed by atoms with E-state index in [4.69, 9.17) is 0 Å². The van der Waals surface area contributed by atoms with E-state index in [-0.39, 0.29) is 20.4 Å². The van der Waals surface area contributed by atoms with Crippen LogP contribution in [0.25, 0.3) is 0 Å². The molecule has 2 atom stereocenters. The van der Waals surface area contributed by atoms with Gasteiger partial charge in [0.25, 0.3) is 0 Å². The molecule has 2 unspecified atom stereocenters. The quantitative estimate of drug-likeness (QED) is 0.661. The highest BCUT2D eigenvalue weighted by Crippen LogP contribution is 2.11. The van der Waals surface area contributed by atoms with Crippen molar-refractivity contribution < 1.29 is 4.79 Å². The summed E-state index contributed by atoms with van der Waals surface area (Å²) in [5, 5.41) is 6.45. The molecule has 0 saturated carbocycles. The molecule has 0 spiro atoms. The highest BCUT2D eigenvalue weighted by molar-refractivity contribution is 5.95. The van der Waals surface area contributed by atoms with Gasteiger partial charge in [-0.2, -0.15) is 0 Å². The van der Waals surface area contributed by atoms with E-state index in [1.165, 1.54) is 12.2 Å². The lowest BCUT2D eigenvalue weighted by Crippen LogP contribution is -2.55. The van der Waals surface area contributed by atoms with Crippen LogP contribution in [0.3, 0.4) is 0 Å². The fourth-order valence-electron chi connectivity index (χ4n) is 4.15. The molecule has 2 fully saturated rings. The molecule has 0 bridgehead atoms. The van der Waals surface area contributed by atoms with Crippen molar-refractivity contribution in [3.05, 3.63) is 60.7 Å². The minimum absolute atomic E-state index is 0. The molecule has 7 nitrogen and oxygen atoms in total. The molecule has 2 aromatic rings. The molecular weight excluding hydrogens is 423 g/mol. The Balaban J connectivity index is 0.000000234. The monoisotopic (exact) mass is 463 g/mol. The molecule has 34 heavy (non-hydrogen) atoms. The molecular formula is C26H40BN6O. The summed E-state index contributed by atoms with van der Waals surface area (Å²) in [5.41, 5.74) is 2.07. The molecule has 1 amide bonds. The van der Waals surface area contributed by atoms with Gasteiger partial charge >= 0.3 is 0 Å². The van der Waals surface area contributed by atoms with Gasteiger partial charge in [-0.1, -0.05) is 36.4 Å². The predicted molar refractivity (Wildman–Crippen MR) is 144 cm³/mol. The molecule has 8 heteroatoms. The Morgan fingerprint density at radius 3 is 1.91 bits per heavy atom. The number of carbonyl (C=O) groups is 1. The first kappa shape index (κ1) is 27.9. The number of anilines is 2. The van der Waals surface area contributed by atoms with Crippen LogP contribution in [-0.2, 0) is 4.79 Å². The predicted octanol–water partition coefficient (Wildman–Crippen LogP) is 1.83. The number of carbonyl (C=O) groups excluding carboxylic acids is 1. The van der Waals surface area contributed by atoms with Gasteiger partial charge in [-0.05, 0) is 52.5 Å². The minimum atomic E-state index is -0.0612. The summed E-state index contributed by atoms with van der Waals surface area (Å²) >= 11 is 0. The van der Waals surface area contributed by atoms with E-state index in [0.717, 1.165) is 45.0 Å². The summed E-state index contributed by atoms with van der Waals surface area (Å²) < 4.78 is 0. The number of rotatable bonds is 5. The highest BCUT2D eigenvalue weighted by Gasteiger charge is 2.28. The number of nitrogens with zero attached hydrogens (tertiary/aromatic N) is 4. The van der Waals surface area contributed by atoms with E-state index in [1.807, 2.05) is 43.4 Å². The van der Waals surface area contributed by atoms with E-state index < -0.39 is 0 Å². The van der Waals surface area contributed by atoms with Crippen molar-refractivity contribution in [3.63, 3.8) is 0 Å². The zero-order valence-corrected chi connectivity index (χ0v) is 21.2. The minimum Gasteiger partial charge on any atom is -0.383 e. The second kappa shape index (κ2) is 14.1. The highest BCUT2D eigenvalue weighted by atomic mass is 16.2. The summed E-state index contributed by atoms with van der Waals surface area (Å²) in [4.78, 5) is 21.3. The zero-order valence-electron chi connectivity index (χ0n) is 21.2. The number of para-hydroxylation sites is 2. The largest absolute Gasteiger partial charge is 0.383 e. The van der Waals surface area contributed by atoms with Crippen LogP contribution in [-0.4, -0.2) is 120 Å². The zero-order chi connectivity index (χ0) is 23.6. The lowest BCUT2D eigenvalue weighted by molar-refractivity contribution is -0.122. The van der Waals surface area contributed by atoms with E-state index in [2.05, 4.69) is 75.6 Å². The molecule has 183 valence electrons. The van der Waals surface area contributed by atoms with Gasteiger partial charge in [0.2, 0.25) is 5.91 Å². The number of nitrogens with one attached hydrogen (secondary N) is 2. The van der Waals surface area contributed by atoms with Gasteiger partial charge < -0.3 is 20.4 Å². The number of likely N-dealkylation sites (N-methyl/N-ethyl adjacent to an activating group) is 4. The molecule has 2 N–H and O–H groups in total. The summed E-state index contributed by atoms with van der Waals surface area (Å²) in [5.74, 6) is 0.0743. The normalized spacial score (nSPS) is 22.1. The van der Waals surface area contributed by atoms with Crippen LogP contribution in [0, 0.1) is 0 Å². The summed E-state index contributed by atoms with van der Waals surface area (Å²) in [7, 11) is 8.46. The lowest BCUT2D eigenvalue weighted by Gasteiger charge is -2.37. The van der Waals surface area contributed by atoms with Crippen molar-refractivity contribution in [3.8, 4) is 0 Å². The number of benzene rings is 2. The Morgan fingerprint density at radius 1 is 0.765 bits per heavy atom. The van der Waals surface area contributed by atoms with Gasteiger partial charge in [0.1, 0.15) is 6.04 Å². The number of hydrogen-bond donors (Lipinski definition) is 2. The van der Waals surface area contributed by atoms with Crippen LogP contribution in [0.15, 0.2) is 60.7 Å². The van der Waals surface area contributed by atoms with E-state index in [1.54, 1.807) is 0 Å². The molecule has 2 saturated heterocycles. The maximum atomic E-state index is 12.1. The van der Waals surface area contributed by atoms with Crippen molar-refractivity contribution in [2.75, 3.05) is 84.6 Å². The first-order valence-electron chi connectivity index (χ1n) is 11.8. The van der Waals surface area contributed by atoms with Crippen LogP contribution in [0.4, 0.5) is 11.4 Å². The van der Waals surface area contributed by atoms with Gasteiger partial charge in [0.05, 0.1) is 0 Å². The van der Waals surface area contributed by atoms with Gasteiger partial charge in [0, 0.05) is 71.6 Å². The Bertz CT molecular complexity index is 840. The number of hydrogen-bond acceptors (Lipinski definition) is 6. The summed E-state index contributed by atoms with van der Waals surface area (Å²) in [6.45, 7) is 7.25. The van der Waals surface area contributed by atoms with Gasteiger partial charge in [-0.3, -0.25) is 14.6 Å². The molecule has 3 radical (unpaired) electrons. The first-order chi connectivity index (χ1) is 15.9. The van der Waals surface area contributed by atoms with Crippen LogP contribution in [0.2, 0.25) is 0 Å². The third-order valence-electron chi connectivity index (χ3n) is 6.49. The fourth-order valence-corrected chi connectivity index (χ4v) is 4.15. The van der Waals surface area contributed by atoms with Crippen molar-refractivity contribution in [2.45, 2.75) is 12.1 Å². The number of amides is 1. The average Bonchev–Trinajstić information content (AvgIpc) is 2.83. The molecule has 4 rings (SSSR count). The van der Waals surface area contributed by atoms with Crippen LogP contribution >= 0.6 is 0 Å². The van der Waals surface area contributed by atoms with E-state index in [9.17, 15) is 4.79 Å². The molecule has 2 aromatic carbocycles. The Kier molecular flexibility index (Phi) is 11.6. The Morgan fingerprint density at radius 2 is 1.29 bits per heavy atom.